The Balaban J connectivity index is 1.75. The van der Waals surface area contributed by atoms with Crippen LogP contribution in [0.5, 0.6) is 0 Å². The van der Waals surface area contributed by atoms with Crippen LogP contribution in [-0.2, 0) is 19.2 Å². The van der Waals surface area contributed by atoms with E-state index in [-0.39, 0.29) is 41.2 Å². The van der Waals surface area contributed by atoms with Crippen LogP contribution in [0.3, 0.4) is 0 Å². The highest BCUT2D eigenvalue weighted by Crippen LogP contribution is 2.40. The number of allylic oxidation sites excluding steroid dienone is 1. The molecule has 1 aromatic heterocycles. The van der Waals surface area contributed by atoms with Gasteiger partial charge in [0.1, 0.15) is 37.3 Å². The number of aliphatic hydroxyl groups excluding tert-OH is 2. The number of nitrogens with one attached hydrogen (secondary N) is 1. The van der Waals surface area contributed by atoms with Crippen LogP contribution >= 0.6 is 23.1 Å². The van der Waals surface area contributed by atoms with Crippen molar-refractivity contribution in [2.45, 2.75) is 11.4 Å². The molecule has 2 aliphatic rings. The number of fused-ring (bicyclic) bond motifs is 1. The number of aromatic nitrogens is 1. The number of carbonyl (C=O) groups is 3. The summed E-state index contributed by atoms with van der Waals surface area (Å²) in [6.07, 6.45) is 3.37. The topological polar surface area (TPSA) is 190 Å². The average Bonchev–Trinajstić information content (AvgIpc) is 3.26. The maximum absolute atomic E-state index is 12.9. The minimum absolute atomic E-state index is 0.0586. The third kappa shape index (κ3) is 5.87. The highest BCUT2D eigenvalue weighted by atomic mass is 32.2. The van der Waals surface area contributed by atoms with E-state index in [0.717, 1.165) is 16.2 Å². The Labute approximate surface area is 215 Å². The highest BCUT2D eigenvalue weighted by molar-refractivity contribution is 8.00. The molecule has 36 heavy (non-hydrogen) atoms. The SMILES string of the molecule is CO/N=C(\C(=O)N[C@@H]1C(=O)N2C(C(=O)[O-])=C(/C=C/C[N+](C)(CCO)CCO)CS[C@H]12)c1csc(N)n1. The molecule has 3 heterocycles. The number of hydrogen-bond acceptors (Lipinski definition) is 12. The largest absolute Gasteiger partial charge is 0.543 e. The van der Waals surface area contributed by atoms with Gasteiger partial charge in [0.2, 0.25) is 0 Å². The number of β-lactam (4-membered cyclic amide) rings is 1. The van der Waals surface area contributed by atoms with E-state index in [9.17, 15) is 29.7 Å². The molecular weight excluding hydrogens is 512 g/mol. The minimum Gasteiger partial charge on any atom is -0.543 e. The van der Waals surface area contributed by atoms with Gasteiger partial charge in [0.15, 0.2) is 10.8 Å². The number of hydrogen-bond donors (Lipinski definition) is 4. The molecule has 5 N–H and O–H groups in total. The minimum atomic E-state index is -1.50. The standard InChI is InChI=1S/C21H28N6O7S2/c1-27(6-8-28,7-9-29)5-3-4-12-10-35-19-15(18(31)26(19)16(12)20(32)33)24-17(30)14(25-34-2)13-11-36-21(22)23-13/h3-4,11,15,19,28-29H,5-10H2,1-2H3,(H3-,22,23,24,30,32,33)/b4-3+,25-14-/t15-,19-/m1/s1. The molecule has 13 nitrogen and oxygen atoms in total. The lowest BCUT2D eigenvalue weighted by atomic mass is 10.0. The van der Waals surface area contributed by atoms with Gasteiger partial charge in [0.25, 0.3) is 11.8 Å². The van der Waals surface area contributed by atoms with Crippen LogP contribution in [0.4, 0.5) is 5.13 Å². The van der Waals surface area contributed by atoms with Crippen LogP contribution in [0, 0.1) is 0 Å². The summed E-state index contributed by atoms with van der Waals surface area (Å²) < 4.78 is 0.361. The van der Waals surface area contributed by atoms with Gasteiger partial charge in [-0.25, -0.2) is 4.98 Å². The van der Waals surface area contributed by atoms with Gasteiger partial charge in [-0.15, -0.1) is 23.1 Å². The molecule has 0 aliphatic carbocycles. The molecule has 1 saturated heterocycles. The highest BCUT2D eigenvalue weighted by Gasteiger charge is 2.53. The number of nitrogens with two attached hydrogens (primary N) is 1. The lowest BCUT2D eigenvalue weighted by Gasteiger charge is -2.50. The number of anilines is 1. The third-order valence-electron chi connectivity index (χ3n) is 5.78. The molecule has 2 aliphatic heterocycles. The molecule has 196 valence electrons. The van der Waals surface area contributed by atoms with Gasteiger partial charge in [0, 0.05) is 11.1 Å². The number of amides is 2. The average molecular weight is 541 g/mol. The number of aliphatic hydroxyl groups is 2. The zero-order valence-corrected chi connectivity index (χ0v) is 21.4. The first-order valence-corrected chi connectivity index (χ1v) is 12.8. The second-order valence-corrected chi connectivity index (χ2v) is 10.3. The number of quaternary nitrogens is 1. The van der Waals surface area contributed by atoms with Crippen molar-refractivity contribution in [2.75, 3.05) is 58.5 Å². The first kappa shape index (κ1) is 27.6. The van der Waals surface area contributed by atoms with Crippen molar-refractivity contribution in [1.29, 1.82) is 0 Å². The van der Waals surface area contributed by atoms with Crippen molar-refractivity contribution in [3.63, 3.8) is 0 Å². The molecule has 0 aromatic carbocycles. The van der Waals surface area contributed by atoms with Crippen LogP contribution < -0.4 is 16.2 Å². The number of nitrogen functional groups attached to an aromatic ring is 1. The molecule has 0 spiro atoms. The molecule has 0 saturated carbocycles. The summed E-state index contributed by atoms with van der Waals surface area (Å²) in [7, 11) is 3.13. The number of nitrogens with zero attached hydrogens (tertiary/aromatic N) is 4. The summed E-state index contributed by atoms with van der Waals surface area (Å²) in [6.45, 7) is 1.16. The number of thiazole rings is 1. The van der Waals surface area contributed by atoms with Crippen LogP contribution in [0.2, 0.25) is 0 Å². The van der Waals surface area contributed by atoms with Crippen molar-refractivity contribution in [3.8, 4) is 0 Å². The number of oxime groups is 1. The van der Waals surface area contributed by atoms with E-state index >= 15 is 0 Å². The Bertz CT molecular complexity index is 1100. The van der Waals surface area contributed by atoms with Crippen LogP contribution in [-0.4, -0.2) is 112 Å². The van der Waals surface area contributed by atoms with E-state index in [1.165, 1.54) is 24.3 Å². The zero-order chi connectivity index (χ0) is 26.5. The Hall–Kier alpha value is -2.98. The van der Waals surface area contributed by atoms with Gasteiger partial charge in [-0.1, -0.05) is 11.2 Å². The lowest BCUT2D eigenvalue weighted by molar-refractivity contribution is -0.904. The Morgan fingerprint density at radius 2 is 2.11 bits per heavy atom. The first-order valence-electron chi connectivity index (χ1n) is 10.9. The summed E-state index contributed by atoms with van der Waals surface area (Å²) in [5.74, 6) is -2.54. The van der Waals surface area contributed by atoms with Gasteiger partial charge in [-0.05, 0) is 11.6 Å². The Morgan fingerprint density at radius 3 is 2.67 bits per heavy atom. The smallest absolute Gasteiger partial charge is 0.276 e. The van der Waals surface area contributed by atoms with Gasteiger partial charge < -0.3 is 40.5 Å². The van der Waals surface area contributed by atoms with Gasteiger partial charge >= 0.3 is 0 Å². The molecule has 1 aromatic rings. The fourth-order valence-corrected chi connectivity index (χ4v) is 5.75. The van der Waals surface area contributed by atoms with Crippen molar-refractivity contribution >= 4 is 51.7 Å². The van der Waals surface area contributed by atoms with Crippen LogP contribution in [0.15, 0.2) is 34.0 Å². The summed E-state index contributed by atoms with van der Waals surface area (Å²) in [4.78, 5) is 47.5. The summed E-state index contributed by atoms with van der Waals surface area (Å²) in [6, 6.07) is -0.977. The quantitative estimate of drug-likeness (QED) is 0.0951. The molecule has 2 atom stereocenters. The molecular formula is C21H28N6O7S2. The van der Waals surface area contributed by atoms with E-state index < -0.39 is 29.2 Å². The maximum Gasteiger partial charge on any atom is 0.276 e. The summed E-state index contributed by atoms with van der Waals surface area (Å²) in [5.41, 5.74) is 5.80. The molecule has 2 amide bonds. The normalized spacial score (nSPS) is 20.4. The second kappa shape index (κ2) is 11.8. The summed E-state index contributed by atoms with van der Waals surface area (Å²) in [5, 5.41) is 37.9. The number of carbonyl (C=O) groups excluding carboxylic acids is 3. The fraction of sp³-hybridized carbons (Fsp3) is 0.476. The van der Waals surface area contributed by atoms with E-state index in [1.54, 1.807) is 12.2 Å². The number of carboxylic acid groups (broad SMARTS) is 1. The van der Waals surface area contributed by atoms with E-state index in [2.05, 4.69) is 15.5 Å². The maximum atomic E-state index is 12.9. The molecule has 1 fully saturated rings. The van der Waals surface area contributed by atoms with Crippen molar-refractivity contribution in [2.24, 2.45) is 5.16 Å². The zero-order valence-electron chi connectivity index (χ0n) is 19.7. The fourth-order valence-electron chi connectivity index (χ4n) is 3.89. The number of rotatable bonds is 12. The molecule has 3 rings (SSSR count). The van der Waals surface area contributed by atoms with Crippen molar-refractivity contribution in [3.05, 3.63) is 34.5 Å². The number of likely N-dealkylation sites (N-methyl/N-ethyl adjacent to an activating group) is 1. The number of carboxylic acids is 1. The second-order valence-electron chi connectivity index (χ2n) is 8.31. The van der Waals surface area contributed by atoms with E-state index in [0.29, 0.717) is 29.7 Å². The van der Waals surface area contributed by atoms with Gasteiger partial charge in [0.05, 0.1) is 38.5 Å². The molecule has 15 heteroatoms. The Kier molecular flexibility index (Phi) is 9.08. The molecule has 0 unspecified atom stereocenters. The predicted octanol–water partition coefficient (Wildman–Crippen LogP) is -2.53. The van der Waals surface area contributed by atoms with Gasteiger partial charge in [-0.2, -0.15) is 0 Å². The first-order chi connectivity index (χ1) is 17.2. The third-order valence-corrected chi connectivity index (χ3v) is 7.76. The molecule has 0 radical (unpaired) electrons. The van der Waals surface area contributed by atoms with Crippen molar-refractivity contribution in [1.82, 2.24) is 15.2 Å². The van der Waals surface area contributed by atoms with E-state index in [4.69, 9.17) is 10.6 Å². The van der Waals surface area contributed by atoms with E-state index in [1.807, 2.05) is 7.05 Å². The number of thioether (sulfide) groups is 1. The van der Waals surface area contributed by atoms with Crippen LogP contribution in [0.25, 0.3) is 0 Å². The Morgan fingerprint density at radius 1 is 1.42 bits per heavy atom. The monoisotopic (exact) mass is 540 g/mol. The predicted molar refractivity (Wildman–Crippen MR) is 131 cm³/mol. The summed E-state index contributed by atoms with van der Waals surface area (Å²) >= 11 is 2.41. The molecule has 0 bridgehead atoms. The van der Waals surface area contributed by atoms with Crippen LogP contribution in [0.1, 0.15) is 5.69 Å². The van der Waals surface area contributed by atoms with Crippen molar-refractivity contribution < 1.29 is 39.0 Å². The number of aliphatic carboxylic acids is 1. The van der Waals surface area contributed by atoms with Gasteiger partial charge in [-0.3, -0.25) is 14.5 Å². The lowest BCUT2D eigenvalue weighted by Crippen LogP contribution is -2.71.